The Balaban J connectivity index is 0.00000320. The highest BCUT2D eigenvalue weighted by Gasteiger charge is 2.30. The van der Waals surface area contributed by atoms with Crippen molar-refractivity contribution in [3.05, 3.63) is 101 Å². The highest BCUT2D eigenvalue weighted by atomic mass is 35.5. The number of para-hydroxylation sites is 1. The molecule has 2 heterocycles. The lowest BCUT2D eigenvalue weighted by Gasteiger charge is -2.21. The Kier molecular flexibility index (Phi) is 8.91. The lowest BCUT2D eigenvalue weighted by molar-refractivity contribution is 0.0943. The summed E-state index contributed by atoms with van der Waals surface area (Å²) in [5, 5.41) is 17.9. The molecule has 2 unspecified atom stereocenters. The molecule has 0 bridgehead atoms. The number of halogens is 1. The predicted molar refractivity (Wildman–Crippen MR) is 153 cm³/mol. The molecule has 1 aliphatic rings. The number of hydrogen-bond acceptors (Lipinski definition) is 3. The van der Waals surface area contributed by atoms with E-state index in [-0.39, 0.29) is 30.0 Å². The van der Waals surface area contributed by atoms with Gasteiger partial charge in [0.15, 0.2) is 0 Å². The van der Waals surface area contributed by atoms with E-state index in [1.54, 1.807) is 12.1 Å². The van der Waals surface area contributed by atoms with Crippen molar-refractivity contribution in [1.29, 1.82) is 0 Å². The fraction of sp³-hybridized carbons (Fsp3) is 0.323. The van der Waals surface area contributed by atoms with E-state index in [4.69, 9.17) is 0 Å². The van der Waals surface area contributed by atoms with Gasteiger partial charge in [-0.2, -0.15) is 0 Å². The van der Waals surface area contributed by atoms with Crippen LogP contribution in [0.1, 0.15) is 65.7 Å². The number of hydrogen-bond donors (Lipinski definition) is 3. The van der Waals surface area contributed by atoms with Crippen molar-refractivity contribution < 1.29 is 9.90 Å². The minimum Gasteiger partial charge on any atom is -0.508 e. The predicted octanol–water partition coefficient (Wildman–Crippen LogP) is 6.23. The average Bonchev–Trinajstić information content (AvgIpc) is 3.54. The Labute approximate surface area is 225 Å². The van der Waals surface area contributed by atoms with E-state index in [0.29, 0.717) is 12.6 Å². The summed E-state index contributed by atoms with van der Waals surface area (Å²) >= 11 is 0. The van der Waals surface area contributed by atoms with Crippen LogP contribution in [0.15, 0.2) is 78.9 Å². The maximum Gasteiger partial charge on any atom is 0.268 e. The summed E-state index contributed by atoms with van der Waals surface area (Å²) in [5.41, 5.74) is 5.02. The molecule has 1 amide bonds. The van der Waals surface area contributed by atoms with Gasteiger partial charge in [-0.15, -0.1) is 12.4 Å². The molecule has 0 spiro atoms. The Morgan fingerprint density at radius 1 is 1.03 bits per heavy atom. The van der Waals surface area contributed by atoms with Crippen LogP contribution >= 0.6 is 12.4 Å². The van der Waals surface area contributed by atoms with E-state index in [1.165, 1.54) is 12.8 Å². The molecule has 1 aromatic heterocycles. The highest BCUT2D eigenvalue weighted by molar-refractivity contribution is 6.02. The second kappa shape index (κ2) is 12.3. The van der Waals surface area contributed by atoms with Crippen LogP contribution in [-0.2, 0) is 6.54 Å². The molecular formula is C31H36ClN3O2. The number of carbonyl (C=O) groups is 1. The van der Waals surface area contributed by atoms with Crippen LogP contribution in [0.2, 0.25) is 0 Å². The lowest BCUT2D eigenvalue weighted by atomic mass is 9.83. The Morgan fingerprint density at radius 3 is 2.43 bits per heavy atom. The fourth-order valence-corrected chi connectivity index (χ4v) is 5.55. The van der Waals surface area contributed by atoms with Crippen LogP contribution in [0.5, 0.6) is 5.75 Å². The van der Waals surface area contributed by atoms with Gasteiger partial charge >= 0.3 is 0 Å². The largest absolute Gasteiger partial charge is 0.508 e. The summed E-state index contributed by atoms with van der Waals surface area (Å²) in [6.45, 7) is 4.57. The van der Waals surface area contributed by atoms with Crippen molar-refractivity contribution >= 4 is 29.2 Å². The molecule has 0 aliphatic carbocycles. The average molecular weight is 518 g/mol. The molecule has 0 radical (unpaired) electrons. The van der Waals surface area contributed by atoms with E-state index in [1.807, 2.05) is 30.3 Å². The van der Waals surface area contributed by atoms with E-state index in [9.17, 15) is 9.90 Å². The maximum atomic E-state index is 13.8. The molecule has 4 aromatic rings. The second-order valence-electron chi connectivity index (χ2n) is 9.70. The van der Waals surface area contributed by atoms with Gasteiger partial charge in [0, 0.05) is 41.5 Å². The highest BCUT2D eigenvalue weighted by Crippen LogP contribution is 2.40. The van der Waals surface area contributed by atoms with Gasteiger partial charge in [0.1, 0.15) is 11.4 Å². The van der Waals surface area contributed by atoms with Crippen LogP contribution in [0, 0.1) is 0 Å². The van der Waals surface area contributed by atoms with Crippen molar-refractivity contribution in [2.24, 2.45) is 0 Å². The van der Waals surface area contributed by atoms with Crippen molar-refractivity contribution in [2.45, 2.75) is 51.1 Å². The van der Waals surface area contributed by atoms with Gasteiger partial charge in [0.05, 0.1) is 0 Å². The summed E-state index contributed by atoms with van der Waals surface area (Å²) in [6, 6.07) is 26.6. The van der Waals surface area contributed by atoms with Gasteiger partial charge in [0.25, 0.3) is 5.91 Å². The number of amides is 1. The van der Waals surface area contributed by atoms with Gasteiger partial charge in [-0.3, -0.25) is 4.79 Å². The normalized spacial score (nSPS) is 15.9. The number of fused-ring (bicyclic) bond motifs is 1. The summed E-state index contributed by atoms with van der Waals surface area (Å²) in [5.74, 6) is 0.0602. The number of aromatic hydroxyl groups is 1. The quantitative estimate of drug-likeness (QED) is 0.246. The first-order chi connectivity index (χ1) is 17.7. The van der Waals surface area contributed by atoms with Crippen molar-refractivity contribution in [3.8, 4) is 5.75 Å². The molecule has 1 saturated heterocycles. The molecular weight excluding hydrogens is 482 g/mol. The SMILES string of the molecule is CCCNC(=O)c1c(C(c2ccccc2)c2ccc(O)cc2)c2ccccc2n1CCC1CCCN1.Cl. The standard InChI is InChI=1S/C31H35N3O2.ClH/c1-2-19-33-31(36)30-29(28(22-9-4-3-5-10-22)23-14-16-25(35)17-15-23)26-12-6-7-13-27(26)34(30)21-18-24-11-8-20-32-24;/h3-7,9-10,12-17,24,28,32,35H,2,8,11,18-21H2,1H3,(H,33,36);1H. The monoisotopic (exact) mass is 517 g/mol. The third kappa shape index (κ3) is 5.68. The van der Waals surface area contributed by atoms with E-state index < -0.39 is 0 Å². The molecule has 6 heteroatoms. The van der Waals surface area contributed by atoms with Crippen molar-refractivity contribution in [1.82, 2.24) is 15.2 Å². The molecule has 5 rings (SSSR count). The molecule has 3 N–H and O–H groups in total. The number of carbonyl (C=O) groups excluding carboxylic acids is 1. The maximum absolute atomic E-state index is 13.8. The molecule has 2 atom stereocenters. The number of rotatable bonds is 9. The zero-order valence-corrected chi connectivity index (χ0v) is 22.1. The number of phenolic OH excluding ortho intramolecular Hbond substituents is 1. The third-order valence-corrected chi connectivity index (χ3v) is 7.27. The van der Waals surface area contributed by atoms with Gasteiger partial charge in [-0.1, -0.05) is 67.6 Å². The molecule has 0 saturated carbocycles. The Bertz CT molecular complexity index is 1310. The number of nitrogens with one attached hydrogen (secondary N) is 2. The number of aromatic nitrogens is 1. The van der Waals surface area contributed by atoms with Crippen molar-refractivity contribution in [3.63, 3.8) is 0 Å². The first-order valence-electron chi connectivity index (χ1n) is 13.1. The lowest BCUT2D eigenvalue weighted by Crippen LogP contribution is -2.29. The first kappa shape index (κ1) is 26.8. The molecule has 1 fully saturated rings. The minimum absolute atomic E-state index is 0. The third-order valence-electron chi connectivity index (χ3n) is 7.27. The molecule has 194 valence electrons. The van der Waals surface area contributed by atoms with E-state index >= 15 is 0 Å². The smallest absolute Gasteiger partial charge is 0.268 e. The number of aryl methyl sites for hydroxylation is 1. The number of nitrogens with zero attached hydrogens (tertiary/aromatic N) is 1. The van der Waals surface area contributed by atoms with Gasteiger partial charge in [0.2, 0.25) is 0 Å². The number of phenols is 1. The van der Waals surface area contributed by atoms with Crippen LogP contribution in [0.25, 0.3) is 10.9 Å². The Morgan fingerprint density at radius 2 is 1.73 bits per heavy atom. The van der Waals surface area contributed by atoms with Crippen LogP contribution in [0.3, 0.4) is 0 Å². The zero-order chi connectivity index (χ0) is 24.9. The summed E-state index contributed by atoms with van der Waals surface area (Å²) in [4.78, 5) is 13.8. The van der Waals surface area contributed by atoms with Gasteiger partial charge in [-0.25, -0.2) is 0 Å². The second-order valence-corrected chi connectivity index (χ2v) is 9.70. The topological polar surface area (TPSA) is 66.3 Å². The Hall–Kier alpha value is -3.28. The van der Waals surface area contributed by atoms with E-state index in [2.05, 4.69) is 58.5 Å². The summed E-state index contributed by atoms with van der Waals surface area (Å²) in [7, 11) is 0. The van der Waals surface area contributed by atoms with E-state index in [0.717, 1.165) is 59.2 Å². The molecule has 37 heavy (non-hydrogen) atoms. The number of benzene rings is 3. The molecule has 5 nitrogen and oxygen atoms in total. The fourth-order valence-electron chi connectivity index (χ4n) is 5.55. The van der Waals surface area contributed by atoms with Crippen LogP contribution in [0.4, 0.5) is 0 Å². The zero-order valence-electron chi connectivity index (χ0n) is 21.3. The van der Waals surface area contributed by atoms with Crippen molar-refractivity contribution in [2.75, 3.05) is 13.1 Å². The summed E-state index contributed by atoms with van der Waals surface area (Å²) < 4.78 is 2.24. The molecule has 1 aliphatic heterocycles. The van der Waals surface area contributed by atoms with Gasteiger partial charge in [-0.05, 0) is 61.6 Å². The molecule has 3 aromatic carbocycles. The van der Waals surface area contributed by atoms with Crippen LogP contribution < -0.4 is 10.6 Å². The summed E-state index contributed by atoms with van der Waals surface area (Å²) in [6.07, 6.45) is 4.27. The minimum atomic E-state index is -0.148. The van der Waals surface area contributed by atoms with Crippen LogP contribution in [-0.4, -0.2) is 34.7 Å². The van der Waals surface area contributed by atoms with Gasteiger partial charge < -0.3 is 20.3 Å². The first-order valence-corrected chi connectivity index (χ1v) is 13.1.